The molecule has 0 aliphatic rings. The molecular weight excluding hydrogens is 287 g/mol. The molecule has 0 amide bonds. The summed E-state index contributed by atoms with van der Waals surface area (Å²) in [4.78, 5) is 4.70. The molecule has 0 aliphatic carbocycles. The first-order valence-corrected chi connectivity index (χ1v) is 8.30. The fourth-order valence-electron chi connectivity index (χ4n) is 2.08. The molecule has 2 aromatic carbocycles. The number of pyridine rings is 1. The molecule has 0 fully saturated rings. The predicted molar refractivity (Wildman–Crippen MR) is 82.6 cm³/mol. The molecule has 5 heteroatoms. The largest absolute Gasteiger partial charge is 0.245 e. The maximum absolute atomic E-state index is 13.0. The van der Waals surface area contributed by atoms with E-state index in [0.717, 1.165) is 10.8 Å². The van der Waals surface area contributed by atoms with Gasteiger partial charge in [-0.05, 0) is 35.7 Å². The number of aromatic nitrogens is 1. The highest BCUT2D eigenvalue weighted by molar-refractivity contribution is 7.93. The Labute approximate surface area is 122 Å². The number of fused-ring (bicyclic) bond motifs is 1. The molecule has 1 unspecified atom stereocenters. The van der Waals surface area contributed by atoms with Crippen molar-refractivity contribution in [2.24, 2.45) is 4.36 Å². The van der Waals surface area contributed by atoms with Gasteiger partial charge in [0.25, 0.3) is 0 Å². The molecule has 1 atom stereocenters. The summed E-state index contributed by atoms with van der Waals surface area (Å²) in [5.41, 5.74) is 0. The molecule has 0 aliphatic heterocycles. The Hall–Kier alpha value is -2.27. The second-order valence-corrected chi connectivity index (χ2v) is 6.96. The van der Waals surface area contributed by atoms with E-state index in [4.69, 9.17) is 0 Å². The highest BCUT2D eigenvalue weighted by Gasteiger charge is 2.09. The summed E-state index contributed by atoms with van der Waals surface area (Å²) in [6, 6.07) is 15.1. The number of halogens is 1. The first-order valence-electron chi connectivity index (χ1n) is 6.38. The Morgan fingerprint density at radius 3 is 2.52 bits per heavy atom. The third-order valence-electron chi connectivity index (χ3n) is 3.16. The molecule has 0 saturated heterocycles. The number of rotatable bonds is 2. The maximum atomic E-state index is 13.0. The van der Waals surface area contributed by atoms with E-state index in [0.29, 0.717) is 10.7 Å². The third kappa shape index (κ3) is 2.78. The molecule has 0 bridgehead atoms. The van der Waals surface area contributed by atoms with Gasteiger partial charge < -0.3 is 0 Å². The van der Waals surface area contributed by atoms with Crippen LogP contribution in [0.1, 0.15) is 0 Å². The van der Waals surface area contributed by atoms with Crippen molar-refractivity contribution in [3.8, 4) is 0 Å². The standard InChI is InChI=1S/C16H13FN2OS/c1-21(20,14-8-6-13(17)7-9-14)19-16-15-5-3-2-4-12(15)10-11-18-16/h2-11H,1H3. The Morgan fingerprint density at radius 2 is 1.76 bits per heavy atom. The van der Waals surface area contributed by atoms with Gasteiger partial charge in [0.15, 0.2) is 5.82 Å². The lowest BCUT2D eigenvalue weighted by molar-refractivity contribution is 0.626. The summed E-state index contributed by atoms with van der Waals surface area (Å²) in [5.74, 6) is 0.0714. The van der Waals surface area contributed by atoms with Gasteiger partial charge in [-0.15, -0.1) is 0 Å². The Bertz CT molecular complexity index is 908. The van der Waals surface area contributed by atoms with Gasteiger partial charge in [0, 0.05) is 22.7 Å². The van der Waals surface area contributed by atoms with Crippen molar-refractivity contribution in [2.75, 3.05) is 6.26 Å². The lowest BCUT2D eigenvalue weighted by Gasteiger charge is -2.06. The monoisotopic (exact) mass is 300 g/mol. The van der Waals surface area contributed by atoms with E-state index in [1.807, 2.05) is 30.3 Å². The van der Waals surface area contributed by atoms with Crippen LogP contribution in [0.3, 0.4) is 0 Å². The molecule has 0 N–H and O–H groups in total. The van der Waals surface area contributed by atoms with Crippen LogP contribution in [-0.4, -0.2) is 15.4 Å². The van der Waals surface area contributed by atoms with Crippen LogP contribution in [-0.2, 0) is 9.73 Å². The van der Waals surface area contributed by atoms with Gasteiger partial charge in [-0.2, -0.15) is 4.36 Å². The van der Waals surface area contributed by atoms with E-state index in [9.17, 15) is 8.60 Å². The minimum atomic E-state index is -2.68. The minimum Gasteiger partial charge on any atom is -0.245 e. The molecule has 0 spiro atoms. The van der Waals surface area contributed by atoms with Crippen molar-refractivity contribution >= 4 is 26.3 Å². The van der Waals surface area contributed by atoms with Crippen molar-refractivity contribution < 1.29 is 8.60 Å². The highest BCUT2D eigenvalue weighted by Crippen LogP contribution is 2.26. The summed E-state index contributed by atoms with van der Waals surface area (Å²) in [6.07, 6.45) is 3.17. The second-order valence-electron chi connectivity index (χ2n) is 4.70. The van der Waals surface area contributed by atoms with E-state index in [-0.39, 0.29) is 5.82 Å². The van der Waals surface area contributed by atoms with Crippen molar-refractivity contribution in [1.29, 1.82) is 0 Å². The lowest BCUT2D eigenvalue weighted by Crippen LogP contribution is -1.97. The lowest BCUT2D eigenvalue weighted by atomic mass is 10.2. The molecule has 1 aromatic heterocycles. The van der Waals surface area contributed by atoms with Gasteiger partial charge in [0.2, 0.25) is 0 Å². The first kappa shape index (κ1) is 13.7. The SMILES string of the molecule is CS(=O)(=Nc1nccc2ccccc12)c1ccc(F)cc1. The first-order chi connectivity index (χ1) is 10.1. The van der Waals surface area contributed by atoms with Gasteiger partial charge >= 0.3 is 0 Å². The van der Waals surface area contributed by atoms with E-state index in [1.165, 1.54) is 30.5 Å². The normalized spacial score (nSPS) is 13.8. The average Bonchev–Trinajstić information content (AvgIpc) is 2.48. The summed E-state index contributed by atoms with van der Waals surface area (Å²) < 4.78 is 30.1. The van der Waals surface area contributed by atoms with Crippen LogP contribution in [0.25, 0.3) is 10.8 Å². The highest BCUT2D eigenvalue weighted by atomic mass is 32.2. The average molecular weight is 300 g/mol. The van der Waals surface area contributed by atoms with Crippen LogP contribution >= 0.6 is 0 Å². The van der Waals surface area contributed by atoms with E-state index in [1.54, 1.807) is 6.20 Å². The van der Waals surface area contributed by atoms with Crippen molar-refractivity contribution in [1.82, 2.24) is 4.98 Å². The minimum absolute atomic E-state index is 0.364. The Morgan fingerprint density at radius 1 is 1.05 bits per heavy atom. The number of nitrogens with zero attached hydrogens (tertiary/aromatic N) is 2. The second kappa shape index (κ2) is 5.26. The van der Waals surface area contributed by atoms with E-state index >= 15 is 0 Å². The predicted octanol–water partition coefficient (Wildman–Crippen LogP) is 4.16. The molecule has 21 heavy (non-hydrogen) atoms. The van der Waals surface area contributed by atoms with Gasteiger partial charge in [-0.25, -0.2) is 13.6 Å². The van der Waals surface area contributed by atoms with Crippen molar-refractivity contribution in [2.45, 2.75) is 4.90 Å². The van der Waals surface area contributed by atoms with Crippen LogP contribution in [0.2, 0.25) is 0 Å². The molecule has 3 aromatic rings. The third-order valence-corrected chi connectivity index (χ3v) is 4.83. The zero-order valence-electron chi connectivity index (χ0n) is 11.4. The van der Waals surface area contributed by atoms with E-state index in [2.05, 4.69) is 9.35 Å². The molecule has 0 saturated carbocycles. The quantitative estimate of drug-likeness (QED) is 0.713. The smallest absolute Gasteiger partial charge is 0.169 e. The van der Waals surface area contributed by atoms with Crippen molar-refractivity contribution in [3.05, 3.63) is 66.6 Å². The topological polar surface area (TPSA) is 42.3 Å². The summed E-state index contributed by atoms with van der Waals surface area (Å²) >= 11 is 0. The van der Waals surface area contributed by atoms with Crippen LogP contribution in [0.4, 0.5) is 10.2 Å². The fourth-order valence-corrected chi connectivity index (χ4v) is 3.30. The number of benzene rings is 2. The molecular formula is C16H13FN2OS. The van der Waals surface area contributed by atoms with Crippen molar-refractivity contribution in [3.63, 3.8) is 0 Å². The van der Waals surface area contributed by atoms with Crippen LogP contribution in [0, 0.1) is 5.82 Å². The van der Waals surface area contributed by atoms with Gasteiger partial charge in [-0.3, -0.25) is 0 Å². The maximum Gasteiger partial charge on any atom is 0.169 e. The van der Waals surface area contributed by atoms with Crippen LogP contribution < -0.4 is 0 Å². The molecule has 3 nitrogen and oxygen atoms in total. The summed E-state index contributed by atoms with van der Waals surface area (Å²) in [7, 11) is -2.68. The molecule has 3 rings (SSSR count). The zero-order valence-corrected chi connectivity index (χ0v) is 12.2. The van der Waals surface area contributed by atoms with Gasteiger partial charge in [0.05, 0.1) is 9.73 Å². The van der Waals surface area contributed by atoms with Gasteiger partial charge in [0.1, 0.15) is 5.82 Å². The number of hydrogen-bond acceptors (Lipinski definition) is 3. The Kier molecular flexibility index (Phi) is 3.43. The summed E-state index contributed by atoms with van der Waals surface area (Å²) in [5, 5.41) is 1.83. The van der Waals surface area contributed by atoms with E-state index < -0.39 is 9.73 Å². The summed E-state index contributed by atoms with van der Waals surface area (Å²) in [6.45, 7) is 0. The van der Waals surface area contributed by atoms with Gasteiger partial charge in [-0.1, -0.05) is 24.3 Å². The molecule has 1 heterocycles. The van der Waals surface area contributed by atoms with Crippen LogP contribution in [0.15, 0.2) is 70.1 Å². The number of hydrogen-bond donors (Lipinski definition) is 0. The molecule has 0 radical (unpaired) electrons. The van der Waals surface area contributed by atoms with Crippen LogP contribution in [0.5, 0.6) is 0 Å². The molecule has 106 valence electrons. The Balaban J connectivity index is 2.19. The fraction of sp³-hybridized carbons (Fsp3) is 0.0625. The zero-order chi connectivity index (χ0) is 14.9.